The molecule has 0 unspecified atom stereocenters. The van der Waals surface area contributed by atoms with Crippen LogP contribution in [0.15, 0.2) is 39.4 Å². The lowest BCUT2D eigenvalue weighted by atomic mass is 10.2. The smallest absolute Gasteiger partial charge is 0.326 e. The van der Waals surface area contributed by atoms with Crippen molar-refractivity contribution in [1.29, 1.82) is 0 Å². The Morgan fingerprint density at radius 3 is 2.67 bits per heavy atom. The number of halogens is 2. The molecule has 6 heteroatoms. The topological polar surface area (TPSA) is 54.3 Å². The Morgan fingerprint density at radius 1 is 1.28 bits per heavy atom. The summed E-state index contributed by atoms with van der Waals surface area (Å²) in [5.74, 6) is 0.391. The number of carbonyl (C=O) groups is 1. The molecule has 2 N–H and O–H groups in total. The number of carbonyl (C=O) groups excluding carboxylic acids is 1. The van der Waals surface area contributed by atoms with Crippen molar-refractivity contribution >= 4 is 56.1 Å². The van der Waals surface area contributed by atoms with E-state index in [1.165, 1.54) is 0 Å². The van der Waals surface area contributed by atoms with Gasteiger partial charge < -0.3 is 9.73 Å². The van der Waals surface area contributed by atoms with Gasteiger partial charge in [0.25, 0.3) is 0 Å². The Hall–Kier alpha value is -1.02. The molecule has 0 aliphatic heterocycles. The van der Waals surface area contributed by atoms with E-state index >= 15 is 0 Å². The molecule has 0 aliphatic carbocycles. The van der Waals surface area contributed by atoms with Gasteiger partial charge in [0.05, 0.1) is 0 Å². The van der Waals surface area contributed by atoms with E-state index in [4.69, 9.17) is 4.42 Å². The van der Waals surface area contributed by atoms with Crippen LogP contribution in [0.1, 0.15) is 5.56 Å². The first kappa shape index (κ1) is 13.4. The predicted molar refractivity (Wildman–Crippen MR) is 82.9 cm³/mol. The van der Waals surface area contributed by atoms with E-state index in [1.54, 1.807) is 12.1 Å². The molecule has 1 aromatic carbocycles. The molecular weight excluding hydrogens is 411 g/mol. The van der Waals surface area contributed by atoms with Crippen LogP contribution in [-0.2, 0) is 0 Å². The Kier molecular flexibility index (Phi) is 4.28. The van der Waals surface area contributed by atoms with Gasteiger partial charge in [-0.1, -0.05) is 0 Å². The molecule has 0 atom stereocenters. The van der Waals surface area contributed by atoms with Crippen molar-refractivity contribution in [2.75, 3.05) is 10.6 Å². The van der Waals surface area contributed by atoms with Crippen molar-refractivity contribution < 1.29 is 9.21 Å². The zero-order valence-corrected chi connectivity index (χ0v) is 13.2. The van der Waals surface area contributed by atoms with E-state index in [-0.39, 0.29) is 6.03 Å². The molecule has 2 aromatic rings. The highest BCUT2D eigenvalue weighted by molar-refractivity contribution is 14.1. The maximum absolute atomic E-state index is 11.7. The van der Waals surface area contributed by atoms with Gasteiger partial charge in [-0.15, -0.1) is 0 Å². The summed E-state index contributed by atoms with van der Waals surface area (Å²) < 4.78 is 6.89. The van der Waals surface area contributed by atoms with Gasteiger partial charge in [0.15, 0.2) is 4.67 Å². The number of aryl methyl sites for hydroxylation is 1. The minimum atomic E-state index is -0.332. The Balaban J connectivity index is 2.03. The van der Waals surface area contributed by atoms with Crippen molar-refractivity contribution in [3.05, 3.63) is 44.1 Å². The SMILES string of the molecule is Cc1cc(I)ccc1NC(=O)Nc1ccc(Br)o1. The molecule has 18 heavy (non-hydrogen) atoms. The molecule has 2 amide bonds. The van der Waals surface area contributed by atoms with Crippen molar-refractivity contribution in [1.82, 2.24) is 0 Å². The molecule has 4 nitrogen and oxygen atoms in total. The fourth-order valence-electron chi connectivity index (χ4n) is 1.41. The van der Waals surface area contributed by atoms with Crippen LogP contribution >= 0.6 is 38.5 Å². The molecule has 0 aliphatic rings. The molecule has 0 bridgehead atoms. The van der Waals surface area contributed by atoms with E-state index in [0.29, 0.717) is 10.6 Å². The van der Waals surface area contributed by atoms with Crippen LogP contribution in [0.5, 0.6) is 0 Å². The minimum Gasteiger partial charge on any atom is -0.434 e. The highest BCUT2D eigenvalue weighted by atomic mass is 127. The molecule has 1 heterocycles. The average Bonchev–Trinajstić information content (AvgIpc) is 2.68. The first-order valence-corrected chi connectivity index (χ1v) is 7.01. The summed E-state index contributed by atoms with van der Waals surface area (Å²) in [5.41, 5.74) is 1.79. The Bertz CT molecular complexity index is 583. The number of nitrogens with one attached hydrogen (secondary N) is 2. The quantitative estimate of drug-likeness (QED) is 0.697. The van der Waals surface area contributed by atoms with Gasteiger partial charge in [-0.25, -0.2) is 4.79 Å². The number of hydrogen-bond acceptors (Lipinski definition) is 2. The average molecular weight is 421 g/mol. The van der Waals surface area contributed by atoms with Crippen LogP contribution in [0, 0.1) is 10.5 Å². The lowest BCUT2D eigenvalue weighted by molar-refractivity contribution is 0.261. The Labute approximate surface area is 126 Å². The number of benzene rings is 1. The summed E-state index contributed by atoms with van der Waals surface area (Å²) in [4.78, 5) is 11.7. The zero-order valence-electron chi connectivity index (χ0n) is 9.46. The number of urea groups is 1. The third kappa shape index (κ3) is 3.49. The molecule has 2 rings (SSSR count). The van der Waals surface area contributed by atoms with Gasteiger partial charge >= 0.3 is 6.03 Å². The fourth-order valence-corrected chi connectivity index (χ4v) is 2.37. The second-order valence-electron chi connectivity index (χ2n) is 3.64. The number of rotatable bonds is 2. The van der Waals surface area contributed by atoms with Crippen LogP contribution in [0.2, 0.25) is 0 Å². The largest absolute Gasteiger partial charge is 0.434 e. The van der Waals surface area contributed by atoms with Crippen LogP contribution < -0.4 is 10.6 Å². The van der Waals surface area contributed by atoms with E-state index in [9.17, 15) is 4.79 Å². The summed E-state index contributed by atoms with van der Waals surface area (Å²) in [6.07, 6.45) is 0. The third-order valence-corrected chi connectivity index (χ3v) is 3.34. The maximum atomic E-state index is 11.7. The molecule has 0 radical (unpaired) electrons. The lowest BCUT2D eigenvalue weighted by Crippen LogP contribution is -2.19. The number of hydrogen-bond donors (Lipinski definition) is 2. The third-order valence-electron chi connectivity index (χ3n) is 2.25. The summed E-state index contributed by atoms with van der Waals surface area (Å²) in [6.45, 7) is 1.95. The lowest BCUT2D eigenvalue weighted by Gasteiger charge is -2.08. The van der Waals surface area contributed by atoms with Gasteiger partial charge in [-0.05, 0) is 75.3 Å². The molecule has 0 saturated heterocycles. The first-order chi connectivity index (χ1) is 8.54. The molecule has 0 fully saturated rings. The monoisotopic (exact) mass is 420 g/mol. The first-order valence-electron chi connectivity index (χ1n) is 5.14. The normalized spacial score (nSPS) is 10.2. The second-order valence-corrected chi connectivity index (χ2v) is 5.67. The van der Waals surface area contributed by atoms with Crippen molar-refractivity contribution in [2.24, 2.45) is 0 Å². The summed E-state index contributed by atoms with van der Waals surface area (Å²) in [6, 6.07) is 8.86. The van der Waals surface area contributed by atoms with Gasteiger partial charge in [-0.2, -0.15) is 0 Å². The van der Waals surface area contributed by atoms with Crippen LogP contribution in [0.4, 0.5) is 16.4 Å². The molecule has 0 saturated carbocycles. The highest BCUT2D eigenvalue weighted by Crippen LogP contribution is 2.20. The maximum Gasteiger partial charge on any atom is 0.326 e. The molecular formula is C12H10BrIN2O2. The fraction of sp³-hybridized carbons (Fsp3) is 0.0833. The van der Waals surface area contributed by atoms with Crippen molar-refractivity contribution in [3.63, 3.8) is 0 Å². The minimum absolute atomic E-state index is 0.332. The van der Waals surface area contributed by atoms with Gasteiger partial charge in [0, 0.05) is 15.3 Å². The molecule has 0 spiro atoms. The van der Waals surface area contributed by atoms with Crippen molar-refractivity contribution in [2.45, 2.75) is 6.92 Å². The molecule has 94 valence electrons. The highest BCUT2D eigenvalue weighted by Gasteiger charge is 2.07. The van der Waals surface area contributed by atoms with Gasteiger partial charge in [0.1, 0.15) is 0 Å². The summed E-state index contributed by atoms with van der Waals surface area (Å²) >= 11 is 5.40. The number of anilines is 2. The van der Waals surface area contributed by atoms with E-state index in [0.717, 1.165) is 14.8 Å². The number of amides is 2. The zero-order chi connectivity index (χ0) is 13.1. The second kappa shape index (κ2) is 5.75. The standard InChI is InChI=1S/C12H10BrIN2O2/c1-7-6-8(14)2-3-9(7)15-12(17)16-11-5-4-10(13)18-11/h2-6H,1H3,(H2,15,16,17). The predicted octanol–water partition coefficient (Wildman–Crippen LogP) is 4.60. The van der Waals surface area contributed by atoms with Gasteiger partial charge in [-0.3, -0.25) is 5.32 Å². The number of furan rings is 1. The summed E-state index contributed by atoms with van der Waals surface area (Å²) in [7, 11) is 0. The Morgan fingerprint density at radius 2 is 2.06 bits per heavy atom. The van der Waals surface area contributed by atoms with Gasteiger partial charge in [0.2, 0.25) is 5.88 Å². The molecule has 1 aromatic heterocycles. The van der Waals surface area contributed by atoms with Crippen LogP contribution in [-0.4, -0.2) is 6.03 Å². The van der Waals surface area contributed by atoms with E-state index in [1.807, 2.05) is 25.1 Å². The van der Waals surface area contributed by atoms with Crippen LogP contribution in [0.3, 0.4) is 0 Å². The van der Waals surface area contributed by atoms with E-state index < -0.39 is 0 Å². The summed E-state index contributed by atoms with van der Waals surface area (Å²) in [5, 5.41) is 5.37. The van der Waals surface area contributed by atoms with Crippen molar-refractivity contribution in [3.8, 4) is 0 Å². The van der Waals surface area contributed by atoms with E-state index in [2.05, 4.69) is 49.2 Å². The van der Waals surface area contributed by atoms with Crippen LogP contribution in [0.25, 0.3) is 0 Å².